The number of hydrogen-bond acceptors (Lipinski definition) is 3. The Kier molecular flexibility index (Phi) is 2.87. The summed E-state index contributed by atoms with van der Waals surface area (Å²) in [5.74, 6) is 3.32. The first-order chi connectivity index (χ1) is 6.74. The molecule has 1 aromatic heterocycles. The van der Waals surface area contributed by atoms with Crippen LogP contribution in [-0.4, -0.2) is 18.1 Å². The van der Waals surface area contributed by atoms with Crippen LogP contribution in [0.1, 0.15) is 25.5 Å². The summed E-state index contributed by atoms with van der Waals surface area (Å²) in [4.78, 5) is 4.30. The van der Waals surface area contributed by atoms with Gasteiger partial charge >= 0.3 is 0 Å². The highest BCUT2D eigenvalue weighted by Crippen LogP contribution is 2.14. The van der Waals surface area contributed by atoms with Crippen LogP contribution >= 0.6 is 0 Å². The molecule has 0 saturated carbocycles. The minimum Gasteiger partial charge on any atom is -0.446 e. The van der Waals surface area contributed by atoms with E-state index in [0.29, 0.717) is 5.92 Å². The van der Waals surface area contributed by atoms with E-state index in [1.807, 2.05) is 6.20 Å². The predicted molar refractivity (Wildman–Crippen MR) is 55.1 cm³/mol. The quantitative estimate of drug-likeness (QED) is 0.791. The van der Waals surface area contributed by atoms with Crippen molar-refractivity contribution in [2.24, 2.45) is 11.8 Å². The van der Waals surface area contributed by atoms with Crippen molar-refractivity contribution in [2.45, 2.75) is 26.7 Å². The van der Waals surface area contributed by atoms with Crippen LogP contribution in [0.25, 0.3) is 0 Å². The van der Waals surface area contributed by atoms with Gasteiger partial charge in [-0.2, -0.15) is 0 Å². The van der Waals surface area contributed by atoms with Crippen LogP contribution in [0, 0.1) is 11.8 Å². The van der Waals surface area contributed by atoms with E-state index in [9.17, 15) is 0 Å². The third kappa shape index (κ3) is 2.35. The van der Waals surface area contributed by atoms with Gasteiger partial charge < -0.3 is 9.73 Å². The first-order valence-electron chi connectivity index (χ1n) is 5.38. The van der Waals surface area contributed by atoms with Crippen molar-refractivity contribution in [3.8, 4) is 0 Å². The Morgan fingerprint density at radius 1 is 1.57 bits per heavy atom. The zero-order chi connectivity index (χ0) is 9.97. The standard InChI is InChI=1S/C11H18N2O/c1-8(2)3-10-7-13-11(14-10)4-9-5-12-6-9/h7-9,12H,3-6H2,1-2H3. The van der Waals surface area contributed by atoms with Crippen molar-refractivity contribution in [1.29, 1.82) is 0 Å². The molecule has 0 amide bonds. The zero-order valence-electron chi connectivity index (χ0n) is 8.92. The molecule has 3 nitrogen and oxygen atoms in total. The summed E-state index contributed by atoms with van der Waals surface area (Å²) in [5, 5.41) is 3.25. The largest absolute Gasteiger partial charge is 0.446 e. The smallest absolute Gasteiger partial charge is 0.194 e. The van der Waals surface area contributed by atoms with E-state index in [1.165, 1.54) is 0 Å². The molecule has 1 aliphatic heterocycles. The number of nitrogens with one attached hydrogen (secondary N) is 1. The Bertz CT molecular complexity index is 289. The molecular formula is C11H18N2O. The fourth-order valence-corrected chi connectivity index (χ4v) is 1.68. The van der Waals surface area contributed by atoms with Crippen molar-refractivity contribution in [2.75, 3.05) is 13.1 Å². The molecule has 0 unspecified atom stereocenters. The molecule has 0 aliphatic carbocycles. The summed E-state index contributed by atoms with van der Waals surface area (Å²) < 4.78 is 5.66. The van der Waals surface area contributed by atoms with Crippen molar-refractivity contribution >= 4 is 0 Å². The fraction of sp³-hybridized carbons (Fsp3) is 0.727. The van der Waals surface area contributed by atoms with Gasteiger partial charge in [0.15, 0.2) is 5.89 Å². The fourth-order valence-electron chi connectivity index (χ4n) is 1.68. The zero-order valence-corrected chi connectivity index (χ0v) is 8.92. The Balaban J connectivity index is 1.88. The van der Waals surface area contributed by atoms with Crippen molar-refractivity contribution in [3.05, 3.63) is 17.8 Å². The lowest BCUT2D eigenvalue weighted by Gasteiger charge is -2.25. The molecule has 1 aromatic rings. The molecule has 0 spiro atoms. The van der Waals surface area contributed by atoms with Crippen molar-refractivity contribution in [3.63, 3.8) is 0 Å². The van der Waals surface area contributed by atoms with Crippen LogP contribution in [0.3, 0.4) is 0 Å². The van der Waals surface area contributed by atoms with E-state index in [2.05, 4.69) is 24.1 Å². The van der Waals surface area contributed by atoms with Crippen LogP contribution < -0.4 is 5.32 Å². The molecule has 0 radical (unpaired) electrons. The van der Waals surface area contributed by atoms with Gasteiger partial charge in [-0.25, -0.2) is 4.98 Å². The summed E-state index contributed by atoms with van der Waals surface area (Å²) in [7, 11) is 0. The first-order valence-corrected chi connectivity index (χ1v) is 5.38. The van der Waals surface area contributed by atoms with Crippen LogP contribution in [0.15, 0.2) is 10.6 Å². The maximum absolute atomic E-state index is 5.66. The predicted octanol–water partition coefficient (Wildman–Crippen LogP) is 1.64. The van der Waals surface area contributed by atoms with Crippen LogP contribution in [0.2, 0.25) is 0 Å². The molecule has 0 atom stereocenters. The van der Waals surface area contributed by atoms with Gasteiger partial charge in [0.2, 0.25) is 0 Å². The molecule has 1 saturated heterocycles. The number of oxazole rings is 1. The summed E-state index contributed by atoms with van der Waals surface area (Å²) in [5.41, 5.74) is 0. The highest BCUT2D eigenvalue weighted by atomic mass is 16.4. The first kappa shape index (κ1) is 9.71. The summed E-state index contributed by atoms with van der Waals surface area (Å²) in [6.07, 6.45) is 3.86. The average molecular weight is 194 g/mol. The Morgan fingerprint density at radius 3 is 2.93 bits per heavy atom. The van der Waals surface area contributed by atoms with Gasteiger partial charge in [-0.3, -0.25) is 0 Å². The molecule has 1 fully saturated rings. The number of aromatic nitrogens is 1. The summed E-state index contributed by atoms with van der Waals surface area (Å²) in [6, 6.07) is 0. The SMILES string of the molecule is CC(C)Cc1cnc(CC2CNC2)o1. The van der Waals surface area contributed by atoms with E-state index in [1.54, 1.807) is 0 Å². The second kappa shape index (κ2) is 4.13. The Labute approximate surface area is 84.9 Å². The molecular weight excluding hydrogens is 176 g/mol. The molecule has 1 aliphatic rings. The number of nitrogens with zero attached hydrogens (tertiary/aromatic N) is 1. The molecule has 2 heterocycles. The molecule has 0 aromatic carbocycles. The van der Waals surface area contributed by atoms with Crippen molar-refractivity contribution in [1.82, 2.24) is 10.3 Å². The maximum Gasteiger partial charge on any atom is 0.194 e. The molecule has 0 bridgehead atoms. The van der Waals surface area contributed by atoms with E-state index in [-0.39, 0.29) is 0 Å². The molecule has 3 heteroatoms. The Morgan fingerprint density at radius 2 is 2.36 bits per heavy atom. The molecule has 14 heavy (non-hydrogen) atoms. The van der Waals surface area contributed by atoms with Gasteiger partial charge in [0, 0.05) is 12.8 Å². The van der Waals surface area contributed by atoms with Crippen LogP contribution in [0.4, 0.5) is 0 Å². The van der Waals surface area contributed by atoms with Gasteiger partial charge in [0.1, 0.15) is 5.76 Å². The van der Waals surface area contributed by atoms with E-state index in [0.717, 1.165) is 43.5 Å². The lowest BCUT2D eigenvalue weighted by atomic mass is 10.00. The maximum atomic E-state index is 5.66. The number of rotatable bonds is 4. The van der Waals surface area contributed by atoms with Gasteiger partial charge in [-0.1, -0.05) is 13.8 Å². The highest BCUT2D eigenvalue weighted by molar-refractivity contribution is 4.97. The molecule has 78 valence electrons. The van der Waals surface area contributed by atoms with Gasteiger partial charge in [-0.15, -0.1) is 0 Å². The van der Waals surface area contributed by atoms with E-state index < -0.39 is 0 Å². The highest BCUT2D eigenvalue weighted by Gasteiger charge is 2.19. The summed E-state index contributed by atoms with van der Waals surface area (Å²) in [6.45, 7) is 6.61. The van der Waals surface area contributed by atoms with Gasteiger partial charge in [-0.05, 0) is 24.9 Å². The lowest BCUT2D eigenvalue weighted by molar-refractivity contribution is 0.312. The average Bonchev–Trinajstić information content (AvgIpc) is 2.44. The second-order valence-electron chi connectivity index (χ2n) is 4.55. The van der Waals surface area contributed by atoms with Crippen LogP contribution in [-0.2, 0) is 12.8 Å². The van der Waals surface area contributed by atoms with Crippen molar-refractivity contribution < 1.29 is 4.42 Å². The molecule has 2 rings (SSSR count). The van der Waals surface area contributed by atoms with Crippen LogP contribution in [0.5, 0.6) is 0 Å². The number of hydrogen-bond donors (Lipinski definition) is 1. The van der Waals surface area contributed by atoms with Gasteiger partial charge in [0.05, 0.1) is 6.20 Å². The van der Waals surface area contributed by atoms with Gasteiger partial charge in [0.25, 0.3) is 0 Å². The third-order valence-electron chi connectivity index (χ3n) is 2.54. The van der Waals surface area contributed by atoms with E-state index >= 15 is 0 Å². The minimum atomic E-state index is 0.640. The Hall–Kier alpha value is -0.830. The normalized spacial score (nSPS) is 17.4. The second-order valence-corrected chi connectivity index (χ2v) is 4.55. The topological polar surface area (TPSA) is 38.1 Å². The van der Waals surface area contributed by atoms with E-state index in [4.69, 9.17) is 4.42 Å². The lowest BCUT2D eigenvalue weighted by Crippen LogP contribution is -2.43. The summed E-state index contributed by atoms with van der Waals surface area (Å²) >= 11 is 0. The molecule has 1 N–H and O–H groups in total. The minimum absolute atomic E-state index is 0.640. The third-order valence-corrected chi connectivity index (χ3v) is 2.54. The monoisotopic (exact) mass is 194 g/mol.